The van der Waals surface area contributed by atoms with Crippen molar-refractivity contribution in [1.82, 2.24) is 10.2 Å². The third-order valence-corrected chi connectivity index (χ3v) is 4.45. The van der Waals surface area contributed by atoms with Crippen molar-refractivity contribution in [3.63, 3.8) is 0 Å². The molecule has 2 aromatic carbocycles. The average molecular weight is 353 g/mol. The molecule has 1 heterocycles. The number of hydrogen-bond acceptors (Lipinski definition) is 5. The summed E-state index contributed by atoms with van der Waals surface area (Å²) in [5.74, 6) is 1.25. The fourth-order valence-corrected chi connectivity index (χ4v) is 3.04. The lowest BCUT2D eigenvalue weighted by Crippen LogP contribution is -2.12. The molecule has 3 aromatic rings. The molecule has 0 radical (unpaired) electrons. The van der Waals surface area contributed by atoms with Gasteiger partial charge in [0.15, 0.2) is 0 Å². The molecule has 0 aliphatic heterocycles. The van der Waals surface area contributed by atoms with Crippen LogP contribution in [0.25, 0.3) is 0 Å². The Kier molecular flexibility index (Phi) is 5.50. The normalized spacial score (nSPS) is 10.6. The van der Waals surface area contributed by atoms with Gasteiger partial charge in [0.1, 0.15) is 0 Å². The topological polar surface area (TPSA) is 68.0 Å². The molecule has 0 atom stereocenters. The third kappa shape index (κ3) is 4.70. The van der Waals surface area contributed by atoms with Gasteiger partial charge < -0.3 is 4.42 Å². The molecule has 0 aliphatic carbocycles. The lowest BCUT2D eigenvalue weighted by molar-refractivity contribution is 0.102. The summed E-state index contributed by atoms with van der Waals surface area (Å²) in [6.07, 6.45) is 0.532. The van der Waals surface area contributed by atoms with E-state index in [4.69, 9.17) is 4.42 Å². The van der Waals surface area contributed by atoms with Crippen LogP contribution in [0.5, 0.6) is 0 Å². The van der Waals surface area contributed by atoms with E-state index in [9.17, 15) is 4.79 Å². The van der Waals surface area contributed by atoms with Crippen LogP contribution in [0.3, 0.4) is 0 Å². The molecule has 0 unspecified atom stereocenters. The summed E-state index contributed by atoms with van der Waals surface area (Å²) in [5, 5.41) is 10.5. The molecule has 0 aliphatic rings. The van der Waals surface area contributed by atoms with Crippen LogP contribution in [0.2, 0.25) is 0 Å². The van der Waals surface area contributed by atoms with Crippen LogP contribution in [0.4, 0.5) is 6.01 Å². The molecular formula is C19H19N3O2S. The molecule has 1 aromatic heterocycles. The van der Waals surface area contributed by atoms with E-state index >= 15 is 0 Å². The minimum Gasteiger partial charge on any atom is -0.407 e. The van der Waals surface area contributed by atoms with Gasteiger partial charge in [0.25, 0.3) is 5.91 Å². The molecule has 6 heteroatoms. The largest absolute Gasteiger partial charge is 0.407 e. The SMILES string of the molecule is CCSc1ccc(Cc2nnc(NC(=O)c3cccc(C)c3)o2)cc1. The first-order valence-electron chi connectivity index (χ1n) is 8.06. The van der Waals surface area contributed by atoms with Gasteiger partial charge in [-0.05, 0) is 42.5 Å². The fourth-order valence-electron chi connectivity index (χ4n) is 2.38. The third-order valence-electron chi connectivity index (χ3n) is 3.56. The number of carbonyl (C=O) groups is 1. The highest BCUT2D eigenvalue weighted by molar-refractivity contribution is 7.99. The monoisotopic (exact) mass is 353 g/mol. The second kappa shape index (κ2) is 7.98. The summed E-state index contributed by atoms with van der Waals surface area (Å²) in [6, 6.07) is 15.7. The van der Waals surface area contributed by atoms with Gasteiger partial charge in [-0.15, -0.1) is 16.9 Å². The number of aryl methyl sites for hydroxylation is 1. The highest BCUT2D eigenvalue weighted by Gasteiger charge is 2.12. The highest BCUT2D eigenvalue weighted by atomic mass is 32.2. The Bertz CT molecular complexity index is 859. The number of rotatable bonds is 6. The van der Waals surface area contributed by atoms with Gasteiger partial charge in [0.05, 0.1) is 6.42 Å². The molecule has 128 valence electrons. The number of carbonyl (C=O) groups excluding carboxylic acids is 1. The Hall–Kier alpha value is -2.60. The van der Waals surface area contributed by atoms with Gasteiger partial charge in [-0.1, -0.05) is 41.9 Å². The van der Waals surface area contributed by atoms with Gasteiger partial charge in [0, 0.05) is 10.5 Å². The predicted octanol–water partition coefficient (Wildman–Crippen LogP) is 4.33. The van der Waals surface area contributed by atoms with Crippen LogP contribution < -0.4 is 5.32 Å². The lowest BCUT2D eigenvalue weighted by atomic mass is 10.1. The van der Waals surface area contributed by atoms with Gasteiger partial charge in [-0.2, -0.15) is 0 Å². The Morgan fingerprint density at radius 2 is 1.96 bits per heavy atom. The van der Waals surface area contributed by atoms with E-state index in [0.717, 1.165) is 16.9 Å². The van der Waals surface area contributed by atoms with Crippen LogP contribution in [-0.2, 0) is 6.42 Å². The van der Waals surface area contributed by atoms with Gasteiger partial charge in [-0.3, -0.25) is 10.1 Å². The number of thioether (sulfide) groups is 1. The van der Waals surface area contributed by atoms with E-state index in [-0.39, 0.29) is 11.9 Å². The quantitative estimate of drug-likeness (QED) is 0.668. The summed E-state index contributed by atoms with van der Waals surface area (Å²) in [5.41, 5.74) is 2.66. The first kappa shape index (κ1) is 17.2. The maximum Gasteiger partial charge on any atom is 0.322 e. The van der Waals surface area contributed by atoms with Crippen molar-refractivity contribution >= 4 is 23.7 Å². The van der Waals surface area contributed by atoms with Crippen molar-refractivity contribution < 1.29 is 9.21 Å². The Morgan fingerprint density at radius 3 is 2.68 bits per heavy atom. The molecule has 0 saturated carbocycles. The van der Waals surface area contributed by atoms with Gasteiger partial charge in [0.2, 0.25) is 5.89 Å². The Labute approximate surface area is 150 Å². The second-order valence-corrected chi connectivity index (χ2v) is 6.92. The number of benzene rings is 2. The van der Waals surface area contributed by atoms with Crippen molar-refractivity contribution in [3.05, 3.63) is 71.1 Å². The maximum absolute atomic E-state index is 12.2. The molecule has 0 spiro atoms. The van der Waals surface area contributed by atoms with Crippen LogP contribution in [-0.4, -0.2) is 21.9 Å². The number of amides is 1. The van der Waals surface area contributed by atoms with E-state index in [2.05, 4.69) is 34.6 Å². The maximum atomic E-state index is 12.2. The van der Waals surface area contributed by atoms with Crippen molar-refractivity contribution in [3.8, 4) is 0 Å². The first-order chi connectivity index (χ1) is 12.1. The van der Waals surface area contributed by atoms with Crippen molar-refractivity contribution in [1.29, 1.82) is 0 Å². The number of anilines is 1. The minimum atomic E-state index is -0.264. The van der Waals surface area contributed by atoms with Gasteiger partial charge in [-0.25, -0.2) is 0 Å². The van der Waals surface area contributed by atoms with Crippen LogP contribution in [0.1, 0.15) is 34.3 Å². The predicted molar refractivity (Wildman–Crippen MR) is 99.1 cm³/mol. The molecular weight excluding hydrogens is 334 g/mol. The summed E-state index contributed by atoms with van der Waals surface area (Å²) >= 11 is 1.80. The van der Waals surface area contributed by atoms with E-state index in [1.165, 1.54) is 4.90 Å². The van der Waals surface area contributed by atoms with Crippen molar-refractivity contribution in [2.24, 2.45) is 0 Å². The zero-order valence-electron chi connectivity index (χ0n) is 14.2. The molecule has 0 saturated heterocycles. The van der Waals surface area contributed by atoms with Crippen molar-refractivity contribution in [2.45, 2.75) is 25.2 Å². The Morgan fingerprint density at radius 1 is 1.16 bits per heavy atom. The number of aromatic nitrogens is 2. The number of nitrogens with one attached hydrogen (secondary N) is 1. The molecule has 1 N–H and O–H groups in total. The van der Waals surface area contributed by atoms with E-state index in [1.54, 1.807) is 17.8 Å². The van der Waals surface area contributed by atoms with Gasteiger partial charge >= 0.3 is 6.01 Å². The molecule has 0 bridgehead atoms. The highest BCUT2D eigenvalue weighted by Crippen LogP contribution is 2.19. The second-order valence-electron chi connectivity index (χ2n) is 5.58. The summed E-state index contributed by atoms with van der Waals surface area (Å²) < 4.78 is 5.53. The molecule has 0 fully saturated rings. The molecule has 1 amide bonds. The molecule has 5 nitrogen and oxygen atoms in total. The summed E-state index contributed by atoms with van der Waals surface area (Å²) in [4.78, 5) is 13.4. The summed E-state index contributed by atoms with van der Waals surface area (Å²) in [7, 11) is 0. The van der Waals surface area contributed by atoms with Crippen LogP contribution in [0.15, 0.2) is 57.8 Å². The van der Waals surface area contributed by atoms with E-state index in [1.807, 2.05) is 37.3 Å². The minimum absolute atomic E-state index is 0.111. The fraction of sp³-hybridized carbons (Fsp3) is 0.211. The summed E-state index contributed by atoms with van der Waals surface area (Å²) in [6.45, 7) is 4.06. The van der Waals surface area contributed by atoms with Crippen molar-refractivity contribution in [2.75, 3.05) is 11.1 Å². The average Bonchev–Trinajstić information content (AvgIpc) is 3.04. The zero-order chi connectivity index (χ0) is 17.6. The lowest BCUT2D eigenvalue weighted by Gasteiger charge is -2.02. The smallest absolute Gasteiger partial charge is 0.322 e. The molecule has 3 rings (SSSR count). The van der Waals surface area contributed by atoms with E-state index < -0.39 is 0 Å². The first-order valence-corrected chi connectivity index (χ1v) is 9.04. The Balaban J connectivity index is 1.63. The van der Waals surface area contributed by atoms with E-state index in [0.29, 0.717) is 17.9 Å². The van der Waals surface area contributed by atoms with Crippen LogP contribution in [0, 0.1) is 6.92 Å². The number of hydrogen-bond donors (Lipinski definition) is 1. The standard InChI is InChI=1S/C19H19N3O2S/c1-3-25-16-9-7-14(8-10-16)12-17-21-22-19(24-17)20-18(23)15-6-4-5-13(2)11-15/h4-11H,3,12H2,1-2H3,(H,20,22,23). The molecule has 25 heavy (non-hydrogen) atoms. The number of nitrogens with zero attached hydrogens (tertiary/aromatic N) is 2. The van der Waals surface area contributed by atoms with Crippen LogP contribution >= 0.6 is 11.8 Å². The zero-order valence-corrected chi connectivity index (χ0v) is 15.0.